The molecule has 13 nitrogen and oxygen atoms in total. The number of Topliss-reactive ketones (excluding diaryl/α,β-unsaturated/α-hetero) is 1. The predicted octanol–water partition coefficient (Wildman–Crippen LogP) is -0.398. The van der Waals surface area contributed by atoms with Gasteiger partial charge in [-0.25, -0.2) is 4.79 Å². The number of carboxylic acid groups (broad SMARTS) is 1. The minimum Gasteiger partial charge on any atom is -0.477 e. The molecule has 2 N–H and O–H groups in total. The number of nitrogens with one attached hydrogen (secondary N) is 1. The van der Waals surface area contributed by atoms with Gasteiger partial charge in [-0.05, 0) is 22.8 Å². The average molecular weight is 522 g/mol. The molecule has 3 aliphatic rings. The van der Waals surface area contributed by atoms with Crippen molar-refractivity contribution in [3.05, 3.63) is 10.6 Å². The molecular weight excluding hydrogens is 490 g/mol. The molecule has 196 valence electrons. The molecule has 0 bridgehead atoms. The second kappa shape index (κ2) is 10.2. The number of thioether (sulfide) groups is 1. The normalized spacial score (nSPS) is 28.1. The maximum Gasteiger partial charge on any atom is 0.353 e. The van der Waals surface area contributed by atoms with E-state index in [1.165, 1.54) is 33.4 Å². The van der Waals surface area contributed by atoms with E-state index in [4.69, 9.17) is 4.74 Å². The van der Waals surface area contributed by atoms with Crippen molar-refractivity contribution < 1.29 is 29.0 Å². The van der Waals surface area contributed by atoms with Gasteiger partial charge in [-0.15, -0.1) is 11.8 Å². The Bertz CT molecular complexity index is 1100. The molecule has 1 aromatic heterocycles. The summed E-state index contributed by atoms with van der Waals surface area (Å²) in [5.74, 6) is -2.51. The monoisotopic (exact) mass is 521 g/mol. The summed E-state index contributed by atoms with van der Waals surface area (Å²) < 4.78 is 6.27. The Balaban J connectivity index is 1.43. The van der Waals surface area contributed by atoms with Crippen LogP contribution in [0.25, 0.3) is 0 Å². The number of aromatic nitrogens is 4. The fourth-order valence-electron chi connectivity index (χ4n) is 5.40. The number of likely N-dealkylation sites (N-methyl/N-ethyl adjacent to an activating group) is 1. The number of carbonyl (C=O) groups excluding carboxylic acids is 3. The van der Waals surface area contributed by atoms with Gasteiger partial charge in [0.1, 0.15) is 12.2 Å². The standard InChI is InChI=1S/C22H31N7O6S/c1-10(6-12(30)9-28-22(35-5)24-25-26-28)15-16-11(2)18(17(21(33)34)29(16)20(15)32)36-13-7-14(23-8-13)19(31)27(3)4/h10-11,13-16,23H,6-9H2,1-5H3,(H,33,34)/t10-,11+,13-,14-,15+,16+/m0/s1. The van der Waals surface area contributed by atoms with Gasteiger partial charge in [0.15, 0.2) is 5.78 Å². The summed E-state index contributed by atoms with van der Waals surface area (Å²) in [6, 6.07) is -0.497. The van der Waals surface area contributed by atoms with Crippen LogP contribution in [0.2, 0.25) is 0 Å². The summed E-state index contributed by atoms with van der Waals surface area (Å²) in [7, 11) is 4.82. The van der Waals surface area contributed by atoms with Crippen molar-refractivity contribution in [1.29, 1.82) is 0 Å². The first kappa shape index (κ1) is 26.1. The number of amides is 2. The quantitative estimate of drug-likeness (QED) is 0.386. The predicted molar refractivity (Wildman–Crippen MR) is 128 cm³/mol. The Morgan fingerprint density at radius 2 is 2.06 bits per heavy atom. The molecule has 0 aromatic carbocycles. The molecule has 0 unspecified atom stereocenters. The number of carboxylic acids is 1. The summed E-state index contributed by atoms with van der Waals surface area (Å²) in [4.78, 5) is 53.9. The summed E-state index contributed by atoms with van der Waals surface area (Å²) >= 11 is 1.44. The van der Waals surface area contributed by atoms with Crippen LogP contribution in [0, 0.1) is 17.8 Å². The molecule has 1 aromatic rings. The van der Waals surface area contributed by atoms with Gasteiger partial charge in [0.2, 0.25) is 11.8 Å². The Morgan fingerprint density at radius 3 is 2.69 bits per heavy atom. The SMILES string of the molecule is COc1nnnn1CC(=O)C[C@H](C)[C@H]1C(=O)N2C(C(=O)O)=C(S[C@@H]3CN[C@H](C(=O)N(C)C)C3)[C@H](C)[C@H]12. The average Bonchev–Trinajstić information content (AvgIpc) is 3.51. The van der Waals surface area contributed by atoms with E-state index in [-0.39, 0.29) is 71.4 Å². The molecule has 14 heteroatoms. The van der Waals surface area contributed by atoms with Gasteiger partial charge >= 0.3 is 12.0 Å². The fourth-order valence-corrected chi connectivity index (χ4v) is 6.88. The molecule has 4 heterocycles. The summed E-state index contributed by atoms with van der Waals surface area (Å²) in [6.45, 7) is 4.27. The van der Waals surface area contributed by atoms with Crippen LogP contribution >= 0.6 is 11.8 Å². The van der Waals surface area contributed by atoms with Crippen molar-refractivity contribution in [3.63, 3.8) is 0 Å². The largest absolute Gasteiger partial charge is 0.477 e. The van der Waals surface area contributed by atoms with E-state index in [1.807, 2.05) is 13.8 Å². The van der Waals surface area contributed by atoms with Crippen molar-refractivity contribution in [1.82, 2.24) is 35.3 Å². The zero-order valence-corrected chi connectivity index (χ0v) is 21.7. The highest BCUT2D eigenvalue weighted by Gasteiger charge is 2.60. The molecule has 0 aliphatic carbocycles. The van der Waals surface area contributed by atoms with E-state index < -0.39 is 11.9 Å². The van der Waals surface area contributed by atoms with Gasteiger partial charge < -0.3 is 25.0 Å². The van der Waals surface area contributed by atoms with Crippen molar-refractivity contribution in [2.24, 2.45) is 17.8 Å². The Hall–Kier alpha value is -3.00. The van der Waals surface area contributed by atoms with E-state index in [9.17, 15) is 24.3 Å². The molecule has 2 amide bonds. The molecule has 2 saturated heterocycles. The number of aliphatic carboxylic acids is 1. The molecule has 6 atom stereocenters. The zero-order chi connectivity index (χ0) is 26.3. The topological polar surface area (TPSA) is 160 Å². The van der Waals surface area contributed by atoms with Crippen LogP contribution in [0.5, 0.6) is 6.01 Å². The van der Waals surface area contributed by atoms with E-state index in [0.717, 1.165) is 0 Å². The van der Waals surface area contributed by atoms with Gasteiger partial charge in [0.05, 0.1) is 25.1 Å². The number of rotatable bonds is 10. The lowest BCUT2D eigenvalue weighted by molar-refractivity contribution is -0.160. The molecular formula is C22H31N7O6S. The highest BCUT2D eigenvalue weighted by Crippen LogP contribution is 2.53. The number of ether oxygens (including phenoxy) is 1. The van der Waals surface area contributed by atoms with Gasteiger partial charge in [-0.3, -0.25) is 14.4 Å². The third kappa shape index (κ3) is 4.59. The highest BCUT2D eigenvalue weighted by atomic mass is 32.2. The highest BCUT2D eigenvalue weighted by molar-refractivity contribution is 8.03. The third-order valence-corrected chi connectivity index (χ3v) is 8.60. The van der Waals surface area contributed by atoms with Gasteiger partial charge in [0.25, 0.3) is 0 Å². The first-order valence-electron chi connectivity index (χ1n) is 11.8. The molecule has 3 aliphatic heterocycles. The van der Waals surface area contributed by atoms with Crippen LogP contribution in [0.4, 0.5) is 0 Å². The summed E-state index contributed by atoms with van der Waals surface area (Å²) in [6.07, 6.45) is 0.709. The number of carbonyl (C=O) groups is 4. The Labute approximate surface area is 212 Å². The van der Waals surface area contributed by atoms with Crippen molar-refractivity contribution in [2.75, 3.05) is 27.7 Å². The number of fused-ring (bicyclic) bond motifs is 1. The molecule has 4 rings (SSSR count). The summed E-state index contributed by atoms with van der Waals surface area (Å²) in [5.41, 5.74) is 0.0260. The molecule has 0 radical (unpaired) electrons. The Morgan fingerprint density at radius 1 is 1.33 bits per heavy atom. The van der Waals surface area contributed by atoms with Crippen LogP contribution in [-0.2, 0) is 25.7 Å². The maximum atomic E-state index is 13.1. The van der Waals surface area contributed by atoms with Crippen LogP contribution in [0.3, 0.4) is 0 Å². The van der Waals surface area contributed by atoms with Crippen LogP contribution in [0.15, 0.2) is 10.6 Å². The number of methoxy groups -OCH3 is 1. The minimum absolute atomic E-state index is 0.0122. The van der Waals surface area contributed by atoms with Crippen LogP contribution in [0.1, 0.15) is 26.7 Å². The van der Waals surface area contributed by atoms with E-state index >= 15 is 0 Å². The number of nitrogens with zero attached hydrogens (tertiary/aromatic N) is 6. The lowest BCUT2D eigenvalue weighted by atomic mass is 9.73. The lowest BCUT2D eigenvalue weighted by Crippen LogP contribution is -2.62. The first-order chi connectivity index (χ1) is 17.0. The van der Waals surface area contributed by atoms with Crippen molar-refractivity contribution >= 4 is 35.3 Å². The van der Waals surface area contributed by atoms with Crippen molar-refractivity contribution in [3.8, 4) is 6.01 Å². The van der Waals surface area contributed by atoms with Crippen LogP contribution < -0.4 is 10.1 Å². The minimum atomic E-state index is -1.14. The number of hydrogen-bond donors (Lipinski definition) is 2. The summed E-state index contributed by atoms with van der Waals surface area (Å²) in [5, 5.41) is 24.1. The van der Waals surface area contributed by atoms with E-state index in [1.54, 1.807) is 14.1 Å². The van der Waals surface area contributed by atoms with Crippen molar-refractivity contribution in [2.45, 2.75) is 50.6 Å². The van der Waals surface area contributed by atoms with Crippen LogP contribution in [-0.4, -0.2) is 104 Å². The number of ketones is 1. The maximum absolute atomic E-state index is 13.1. The first-order valence-corrected chi connectivity index (χ1v) is 12.7. The smallest absolute Gasteiger partial charge is 0.353 e. The molecule has 0 spiro atoms. The van der Waals surface area contributed by atoms with E-state index in [0.29, 0.717) is 17.9 Å². The second-order valence-corrected chi connectivity index (χ2v) is 11.1. The zero-order valence-electron chi connectivity index (χ0n) is 20.9. The molecule has 2 fully saturated rings. The Kier molecular flexibility index (Phi) is 7.36. The van der Waals surface area contributed by atoms with E-state index in [2.05, 4.69) is 20.8 Å². The number of hydrogen-bond acceptors (Lipinski definition) is 10. The number of β-lactam (4-membered cyclic amide) rings is 1. The lowest BCUT2D eigenvalue weighted by Gasteiger charge is -2.47. The molecule has 36 heavy (non-hydrogen) atoms. The van der Waals surface area contributed by atoms with Gasteiger partial charge in [-0.2, -0.15) is 4.68 Å². The fraction of sp³-hybridized carbons (Fsp3) is 0.682. The number of tetrazole rings is 1. The van der Waals surface area contributed by atoms with Gasteiger partial charge in [0, 0.05) is 43.1 Å². The second-order valence-electron chi connectivity index (χ2n) is 9.74. The third-order valence-electron chi connectivity index (χ3n) is 7.08. The van der Waals surface area contributed by atoms with Gasteiger partial charge in [-0.1, -0.05) is 18.9 Å². The molecule has 0 saturated carbocycles.